The zero-order valence-electron chi connectivity index (χ0n) is 7.53. The Morgan fingerprint density at radius 3 is 2.69 bits per heavy atom. The summed E-state index contributed by atoms with van der Waals surface area (Å²) < 4.78 is 0. The average molecular weight is 189 g/mol. The summed E-state index contributed by atoms with van der Waals surface area (Å²) in [6.07, 6.45) is 1.06. The number of hydrogen-bond donors (Lipinski definition) is 0. The lowest BCUT2D eigenvalue weighted by Gasteiger charge is -1.98. The third-order valence-corrected chi connectivity index (χ3v) is 2.99. The van der Waals surface area contributed by atoms with E-state index in [1.54, 1.807) is 11.3 Å². The molecule has 0 amide bonds. The summed E-state index contributed by atoms with van der Waals surface area (Å²) in [4.78, 5) is 5.74. The highest BCUT2D eigenvalue weighted by molar-refractivity contribution is 7.10. The second-order valence-corrected chi connectivity index (χ2v) is 3.78. The molecule has 2 aromatic rings. The molecule has 0 unspecified atom stereocenters. The van der Waals surface area contributed by atoms with E-state index in [1.807, 2.05) is 23.7 Å². The van der Waals surface area contributed by atoms with Gasteiger partial charge in [0.1, 0.15) is 0 Å². The molecule has 0 aliphatic carbocycles. The molecule has 0 saturated carbocycles. The Kier molecular flexibility index (Phi) is 2.41. The van der Waals surface area contributed by atoms with Crippen LogP contribution in [-0.4, -0.2) is 4.98 Å². The molecular weight excluding hydrogens is 178 g/mol. The van der Waals surface area contributed by atoms with Gasteiger partial charge in [0.05, 0.1) is 11.2 Å². The maximum Gasteiger partial charge on any atom is 0.0843 e. The van der Waals surface area contributed by atoms with Crippen molar-refractivity contribution in [1.82, 2.24) is 4.98 Å². The number of thiazole rings is 1. The van der Waals surface area contributed by atoms with E-state index in [1.165, 1.54) is 10.4 Å². The van der Waals surface area contributed by atoms with Gasteiger partial charge in [-0.05, 0) is 6.42 Å². The molecule has 2 heteroatoms. The Balaban J connectivity index is 2.47. The molecule has 1 aromatic heterocycles. The van der Waals surface area contributed by atoms with Gasteiger partial charge in [-0.1, -0.05) is 37.3 Å². The summed E-state index contributed by atoms with van der Waals surface area (Å²) in [6.45, 7) is 2.17. The van der Waals surface area contributed by atoms with E-state index in [-0.39, 0.29) is 0 Å². The van der Waals surface area contributed by atoms with E-state index < -0.39 is 0 Å². The van der Waals surface area contributed by atoms with E-state index >= 15 is 0 Å². The highest BCUT2D eigenvalue weighted by Crippen LogP contribution is 2.25. The highest BCUT2D eigenvalue weighted by Gasteiger charge is 2.05. The molecule has 13 heavy (non-hydrogen) atoms. The summed E-state index contributed by atoms with van der Waals surface area (Å²) in [6, 6.07) is 10.3. The number of aromatic nitrogens is 1. The normalized spacial score (nSPS) is 10.2. The summed E-state index contributed by atoms with van der Waals surface area (Å²) >= 11 is 1.73. The minimum atomic E-state index is 1.06. The van der Waals surface area contributed by atoms with Crippen LogP contribution in [0.5, 0.6) is 0 Å². The fraction of sp³-hybridized carbons (Fsp3) is 0.182. The van der Waals surface area contributed by atoms with Gasteiger partial charge in [-0.15, -0.1) is 11.3 Å². The maximum atomic E-state index is 4.38. The first-order valence-corrected chi connectivity index (χ1v) is 5.27. The molecule has 0 spiro atoms. The van der Waals surface area contributed by atoms with Crippen LogP contribution >= 0.6 is 11.3 Å². The van der Waals surface area contributed by atoms with E-state index in [2.05, 4.69) is 24.0 Å². The van der Waals surface area contributed by atoms with Crippen molar-refractivity contribution in [3.63, 3.8) is 0 Å². The Hall–Kier alpha value is -1.15. The molecule has 66 valence electrons. The molecule has 0 bridgehead atoms. The van der Waals surface area contributed by atoms with Crippen molar-refractivity contribution in [2.45, 2.75) is 13.3 Å². The predicted molar refractivity (Wildman–Crippen MR) is 56.9 cm³/mol. The molecule has 0 aliphatic rings. The van der Waals surface area contributed by atoms with Gasteiger partial charge in [0.25, 0.3) is 0 Å². The van der Waals surface area contributed by atoms with Crippen molar-refractivity contribution in [2.75, 3.05) is 0 Å². The number of hydrogen-bond acceptors (Lipinski definition) is 2. The second kappa shape index (κ2) is 3.71. The monoisotopic (exact) mass is 189 g/mol. The number of nitrogens with zero attached hydrogens (tertiary/aromatic N) is 1. The zero-order chi connectivity index (χ0) is 9.10. The van der Waals surface area contributed by atoms with Gasteiger partial charge < -0.3 is 0 Å². The van der Waals surface area contributed by atoms with Crippen molar-refractivity contribution >= 4 is 11.3 Å². The van der Waals surface area contributed by atoms with Gasteiger partial charge in [0.2, 0.25) is 0 Å². The first kappa shape index (κ1) is 8.45. The molecule has 0 radical (unpaired) electrons. The van der Waals surface area contributed by atoms with E-state index in [0.29, 0.717) is 0 Å². The Bertz CT molecular complexity index is 378. The van der Waals surface area contributed by atoms with Crippen molar-refractivity contribution in [1.29, 1.82) is 0 Å². The van der Waals surface area contributed by atoms with Gasteiger partial charge in [-0.2, -0.15) is 0 Å². The van der Waals surface area contributed by atoms with Gasteiger partial charge >= 0.3 is 0 Å². The molecule has 1 nitrogen and oxygen atoms in total. The first-order valence-electron chi connectivity index (χ1n) is 4.39. The first-order chi connectivity index (χ1) is 6.42. The van der Waals surface area contributed by atoms with Crippen molar-refractivity contribution in [3.8, 4) is 11.3 Å². The van der Waals surface area contributed by atoms with Crippen LogP contribution in [-0.2, 0) is 6.42 Å². The van der Waals surface area contributed by atoms with E-state index in [9.17, 15) is 0 Å². The van der Waals surface area contributed by atoms with Crippen LogP contribution in [0.2, 0.25) is 0 Å². The topological polar surface area (TPSA) is 12.9 Å². The van der Waals surface area contributed by atoms with Crippen LogP contribution in [0, 0.1) is 0 Å². The van der Waals surface area contributed by atoms with Crippen LogP contribution in [0.4, 0.5) is 0 Å². The van der Waals surface area contributed by atoms with E-state index in [4.69, 9.17) is 0 Å². The molecular formula is C11H11NS. The lowest BCUT2D eigenvalue weighted by Crippen LogP contribution is -1.81. The average Bonchev–Trinajstić information content (AvgIpc) is 2.67. The minimum Gasteiger partial charge on any atom is -0.244 e. The lowest BCUT2D eigenvalue weighted by molar-refractivity contribution is 1.17. The smallest absolute Gasteiger partial charge is 0.0843 e. The summed E-state index contributed by atoms with van der Waals surface area (Å²) in [5.74, 6) is 0. The molecule has 1 aromatic carbocycles. The molecule has 0 atom stereocenters. The van der Waals surface area contributed by atoms with Crippen molar-refractivity contribution < 1.29 is 0 Å². The fourth-order valence-electron chi connectivity index (χ4n) is 1.35. The third kappa shape index (κ3) is 1.63. The fourth-order valence-corrected chi connectivity index (χ4v) is 2.09. The summed E-state index contributed by atoms with van der Waals surface area (Å²) in [7, 11) is 0. The van der Waals surface area contributed by atoms with Gasteiger partial charge in [-0.25, -0.2) is 4.98 Å². The number of rotatable bonds is 2. The zero-order valence-corrected chi connectivity index (χ0v) is 8.34. The minimum absolute atomic E-state index is 1.06. The SMILES string of the molecule is CCc1scnc1-c1ccccc1. The molecule has 0 aliphatic heterocycles. The largest absolute Gasteiger partial charge is 0.244 e. The summed E-state index contributed by atoms with van der Waals surface area (Å²) in [5.41, 5.74) is 4.29. The Morgan fingerprint density at radius 2 is 2.00 bits per heavy atom. The predicted octanol–water partition coefficient (Wildman–Crippen LogP) is 3.37. The quantitative estimate of drug-likeness (QED) is 0.705. The highest BCUT2D eigenvalue weighted by atomic mass is 32.1. The second-order valence-electron chi connectivity index (χ2n) is 2.84. The van der Waals surface area contributed by atoms with Crippen LogP contribution in [0.25, 0.3) is 11.3 Å². The van der Waals surface area contributed by atoms with Crippen LogP contribution in [0.3, 0.4) is 0 Å². The van der Waals surface area contributed by atoms with Crippen molar-refractivity contribution in [2.24, 2.45) is 0 Å². The lowest BCUT2D eigenvalue weighted by atomic mass is 10.1. The molecule has 0 N–H and O–H groups in total. The maximum absolute atomic E-state index is 4.38. The number of aryl methyl sites for hydroxylation is 1. The van der Waals surface area contributed by atoms with Crippen LogP contribution in [0.15, 0.2) is 35.8 Å². The molecule has 0 saturated heterocycles. The third-order valence-electron chi connectivity index (χ3n) is 2.01. The molecule has 0 fully saturated rings. The van der Waals surface area contributed by atoms with Crippen LogP contribution < -0.4 is 0 Å². The molecule has 1 heterocycles. The van der Waals surface area contributed by atoms with Crippen molar-refractivity contribution in [3.05, 3.63) is 40.7 Å². The Morgan fingerprint density at radius 1 is 1.23 bits per heavy atom. The number of benzene rings is 1. The van der Waals surface area contributed by atoms with Gasteiger partial charge in [-0.3, -0.25) is 0 Å². The van der Waals surface area contributed by atoms with E-state index in [0.717, 1.165) is 12.1 Å². The van der Waals surface area contributed by atoms with Gasteiger partial charge in [0.15, 0.2) is 0 Å². The van der Waals surface area contributed by atoms with Gasteiger partial charge in [0, 0.05) is 10.4 Å². The summed E-state index contributed by atoms with van der Waals surface area (Å²) in [5, 5.41) is 0. The van der Waals surface area contributed by atoms with Crippen LogP contribution in [0.1, 0.15) is 11.8 Å². The Labute approximate surface area is 82.1 Å². The molecule has 2 rings (SSSR count). The standard InChI is InChI=1S/C11H11NS/c1-2-10-11(12-8-13-10)9-6-4-3-5-7-9/h3-8H,2H2,1H3.